The number of piperidine rings is 1. The zero-order chi connectivity index (χ0) is 12.1. The van der Waals surface area contributed by atoms with Gasteiger partial charge in [0.1, 0.15) is 0 Å². The summed E-state index contributed by atoms with van der Waals surface area (Å²) < 4.78 is 2.05. The van der Waals surface area contributed by atoms with Gasteiger partial charge in [-0.15, -0.1) is 12.4 Å². The minimum atomic E-state index is 0. The summed E-state index contributed by atoms with van der Waals surface area (Å²) in [5.74, 6) is 0. The fourth-order valence-electron chi connectivity index (χ4n) is 2.69. The first-order valence-electron chi connectivity index (χ1n) is 6.73. The van der Waals surface area contributed by atoms with E-state index in [1.54, 1.807) is 0 Å². The second kappa shape index (κ2) is 7.77. The van der Waals surface area contributed by atoms with Crippen molar-refractivity contribution in [2.24, 2.45) is 5.73 Å². The molecule has 18 heavy (non-hydrogen) atoms. The summed E-state index contributed by atoms with van der Waals surface area (Å²) in [7, 11) is 0. The Kier molecular flexibility index (Phi) is 6.68. The summed E-state index contributed by atoms with van der Waals surface area (Å²) in [5.41, 5.74) is 6.93. The van der Waals surface area contributed by atoms with Gasteiger partial charge in [-0.1, -0.05) is 6.42 Å². The molecule has 1 aromatic rings. The molecule has 0 spiro atoms. The third-order valence-corrected chi connectivity index (χ3v) is 3.63. The second-order valence-corrected chi connectivity index (χ2v) is 5.04. The Balaban J connectivity index is 0.00000162. The molecule has 2 heterocycles. The molecule has 0 aromatic carbocycles. The molecule has 1 aromatic heterocycles. The first-order chi connectivity index (χ1) is 8.29. The molecule has 0 aliphatic carbocycles. The summed E-state index contributed by atoms with van der Waals surface area (Å²) in [6.45, 7) is 6.22. The summed E-state index contributed by atoms with van der Waals surface area (Å²) in [6, 6.07) is 0.699. The van der Waals surface area contributed by atoms with Crippen molar-refractivity contribution in [2.45, 2.75) is 45.2 Å². The van der Waals surface area contributed by atoms with Crippen LogP contribution in [0.2, 0.25) is 0 Å². The van der Waals surface area contributed by atoms with Crippen LogP contribution in [0.25, 0.3) is 0 Å². The Morgan fingerprint density at radius 2 is 2.22 bits per heavy atom. The van der Waals surface area contributed by atoms with Gasteiger partial charge < -0.3 is 5.73 Å². The summed E-state index contributed by atoms with van der Waals surface area (Å²) in [4.78, 5) is 2.59. The quantitative estimate of drug-likeness (QED) is 0.889. The van der Waals surface area contributed by atoms with Crippen molar-refractivity contribution in [2.75, 3.05) is 19.6 Å². The molecule has 1 unspecified atom stereocenters. The number of halogens is 1. The van der Waals surface area contributed by atoms with Crippen LogP contribution < -0.4 is 5.73 Å². The largest absolute Gasteiger partial charge is 0.330 e. The molecule has 1 fully saturated rings. The summed E-state index contributed by atoms with van der Waals surface area (Å²) in [5, 5.41) is 4.34. The number of nitrogens with two attached hydrogens (primary N) is 1. The van der Waals surface area contributed by atoms with E-state index in [0.717, 1.165) is 26.1 Å². The van der Waals surface area contributed by atoms with Crippen molar-refractivity contribution in [3.63, 3.8) is 0 Å². The molecular weight excluding hydrogens is 248 g/mol. The zero-order valence-corrected chi connectivity index (χ0v) is 12.0. The maximum atomic E-state index is 5.69. The number of hydrogen-bond donors (Lipinski definition) is 1. The molecular formula is C13H25ClN4. The maximum absolute atomic E-state index is 5.69. The van der Waals surface area contributed by atoms with Crippen molar-refractivity contribution in [3.05, 3.63) is 18.0 Å². The van der Waals surface area contributed by atoms with Crippen molar-refractivity contribution in [1.29, 1.82) is 0 Å². The van der Waals surface area contributed by atoms with Crippen LogP contribution in [0.1, 0.15) is 31.2 Å². The van der Waals surface area contributed by atoms with E-state index in [1.165, 1.54) is 31.4 Å². The van der Waals surface area contributed by atoms with Crippen LogP contribution in [0, 0.1) is 6.92 Å². The predicted molar refractivity (Wildman–Crippen MR) is 77.1 cm³/mol. The monoisotopic (exact) mass is 272 g/mol. The average molecular weight is 273 g/mol. The second-order valence-electron chi connectivity index (χ2n) is 5.04. The highest BCUT2D eigenvalue weighted by molar-refractivity contribution is 5.85. The van der Waals surface area contributed by atoms with E-state index in [0.29, 0.717) is 6.04 Å². The topological polar surface area (TPSA) is 47.1 Å². The molecule has 0 saturated carbocycles. The molecule has 0 amide bonds. The van der Waals surface area contributed by atoms with E-state index in [1.807, 2.05) is 10.9 Å². The van der Waals surface area contributed by atoms with E-state index in [4.69, 9.17) is 5.73 Å². The molecule has 1 aliphatic heterocycles. The third-order valence-electron chi connectivity index (χ3n) is 3.63. The van der Waals surface area contributed by atoms with E-state index in [9.17, 15) is 0 Å². The van der Waals surface area contributed by atoms with E-state index in [2.05, 4.69) is 23.1 Å². The Labute approximate surface area is 116 Å². The summed E-state index contributed by atoms with van der Waals surface area (Å²) >= 11 is 0. The highest BCUT2D eigenvalue weighted by Gasteiger charge is 2.21. The smallest absolute Gasteiger partial charge is 0.0536 e. The lowest BCUT2D eigenvalue weighted by Gasteiger charge is -2.35. The van der Waals surface area contributed by atoms with Crippen LogP contribution in [-0.4, -0.2) is 40.4 Å². The van der Waals surface area contributed by atoms with Crippen LogP contribution in [0.4, 0.5) is 0 Å². The predicted octanol–water partition coefficient (Wildman–Crippen LogP) is 1.82. The van der Waals surface area contributed by atoms with Crippen LogP contribution >= 0.6 is 12.4 Å². The van der Waals surface area contributed by atoms with Gasteiger partial charge in [-0.25, -0.2) is 0 Å². The number of rotatable bonds is 5. The van der Waals surface area contributed by atoms with E-state index in [-0.39, 0.29) is 12.4 Å². The van der Waals surface area contributed by atoms with Gasteiger partial charge in [-0.3, -0.25) is 9.58 Å². The highest BCUT2D eigenvalue weighted by atomic mass is 35.5. The van der Waals surface area contributed by atoms with Gasteiger partial charge in [0.05, 0.1) is 12.7 Å². The van der Waals surface area contributed by atoms with Crippen LogP contribution in [0.5, 0.6) is 0 Å². The number of hydrogen-bond acceptors (Lipinski definition) is 3. The van der Waals surface area contributed by atoms with Gasteiger partial charge in [0.25, 0.3) is 0 Å². The first-order valence-corrected chi connectivity index (χ1v) is 6.73. The molecule has 0 bridgehead atoms. The van der Waals surface area contributed by atoms with Crippen molar-refractivity contribution < 1.29 is 0 Å². The zero-order valence-electron chi connectivity index (χ0n) is 11.2. The van der Waals surface area contributed by atoms with Gasteiger partial charge in [0.2, 0.25) is 0 Å². The number of likely N-dealkylation sites (tertiary alicyclic amines) is 1. The highest BCUT2D eigenvalue weighted by Crippen LogP contribution is 2.18. The van der Waals surface area contributed by atoms with Gasteiger partial charge in [-0.2, -0.15) is 5.10 Å². The summed E-state index contributed by atoms with van der Waals surface area (Å²) in [6.07, 6.45) is 9.18. The third kappa shape index (κ3) is 4.26. The molecule has 104 valence electrons. The number of nitrogens with zero attached hydrogens (tertiary/aromatic N) is 3. The lowest BCUT2D eigenvalue weighted by Crippen LogP contribution is -2.42. The average Bonchev–Trinajstić information content (AvgIpc) is 2.74. The van der Waals surface area contributed by atoms with E-state index >= 15 is 0 Å². The van der Waals surface area contributed by atoms with E-state index < -0.39 is 0 Å². The van der Waals surface area contributed by atoms with Crippen molar-refractivity contribution >= 4 is 12.4 Å². The molecule has 1 aliphatic rings. The van der Waals surface area contributed by atoms with Crippen LogP contribution in [0.15, 0.2) is 12.4 Å². The van der Waals surface area contributed by atoms with Gasteiger partial charge in [-0.05, 0) is 44.8 Å². The molecule has 4 nitrogen and oxygen atoms in total. The molecule has 5 heteroatoms. The molecule has 1 saturated heterocycles. The van der Waals surface area contributed by atoms with Gasteiger partial charge >= 0.3 is 0 Å². The Morgan fingerprint density at radius 3 is 2.89 bits per heavy atom. The van der Waals surface area contributed by atoms with Crippen molar-refractivity contribution in [1.82, 2.24) is 14.7 Å². The lowest BCUT2D eigenvalue weighted by molar-refractivity contribution is 0.135. The van der Waals surface area contributed by atoms with Gasteiger partial charge in [0.15, 0.2) is 0 Å². The van der Waals surface area contributed by atoms with Crippen LogP contribution in [-0.2, 0) is 6.54 Å². The Bertz CT molecular complexity index is 337. The Hall–Kier alpha value is -0.580. The number of aromatic nitrogens is 2. The normalized spacial score (nSPS) is 20.7. The maximum Gasteiger partial charge on any atom is 0.0536 e. The molecule has 0 radical (unpaired) electrons. The molecule has 2 N–H and O–H groups in total. The number of aryl methyl sites for hydroxylation is 1. The van der Waals surface area contributed by atoms with Crippen LogP contribution in [0.3, 0.4) is 0 Å². The SMILES string of the molecule is Cc1cnn(CCN2CCCCC2CCN)c1.Cl. The lowest BCUT2D eigenvalue weighted by atomic mass is 9.99. The first kappa shape index (κ1) is 15.5. The standard InChI is InChI=1S/C13H24N4.ClH/c1-12-10-15-17(11-12)9-8-16-7-3-2-4-13(16)5-6-14;/h10-11,13H,2-9,14H2,1H3;1H. The Morgan fingerprint density at radius 1 is 1.39 bits per heavy atom. The fraction of sp³-hybridized carbons (Fsp3) is 0.769. The molecule has 1 atom stereocenters. The van der Waals surface area contributed by atoms with Crippen molar-refractivity contribution in [3.8, 4) is 0 Å². The minimum Gasteiger partial charge on any atom is -0.330 e. The fourth-order valence-corrected chi connectivity index (χ4v) is 2.69. The molecule has 2 rings (SSSR count). The minimum absolute atomic E-state index is 0. The van der Waals surface area contributed by atoms with Gasteiger partial charge in [0, 0.05) is 18.8 Å².